The van der Waals surface area contributed by atoms with Crippen LogP contribution < -0.4 is 0 Å². The molecule has 5 aromatic rings. The molecule has 0 aliphatic rings. The van der Waals surface area contributed by atoms with Gasteiger partial charge in [0.1, 0.15) is 11.2 Å². The number of fused-ring (bicyclic) bond motifs is 3. The number of pyridine rings is 1. The maximum absolute atomic E-state index is 6.09. The van der Waals surface area contributed by atoms with Crippen molar-refractivity contribution in [3.63, 3.8) is 0 Å². The van der Waals surface area contributed by atoms with Gasteiger partial charge in [0.25, 0.3) is 0 Å². The molecule has 2 nitrogen and oxygen atoms in total. The van der Waals surface area contributed by atoms with E-state index < -0.39 is 0 Å². The number of furan rings is 1. The summed E-state index contributed by atoms with van der Waals surface area (Å²) in [5.41, 5.74) is 7.69. The van der Waals surface area contributed by atoms with Gasteiger partial charge in [-0.05, 0) is 71.5 Å². The fourth-order valence-electron chi connectivity index (χ4n) is 3.98. The molecule has 0 saturated heterocycles. The summed E-state index contributed by atoms with van der Waals surface area (Å²) in [6.07, 6.45) is 2.98. The fourth-order valence-corrected chi connectivity index (χ4v) is 3.98. The number of rotatable bonds is 4. The molecule has 2 heteroatoms. The standard InChI is InChI=1S/C27H23NO/c1-18(2)14-19-12-13-28-25(15-19)22-9-11-27-24(17-22)23-16-21(8-10-26(23)29-27)20-6-4-3-5-7-20/h3-13,15-18H,14H2,1-2H3. The molecule has 3 aromatic carbocycles. The third-order valence-corrected chi connectivity index (χ3v) is 5.34. The van der Waals surface area contributed by atoms with E-state index in [1.165, 1.54) is 16.7 Å². The zero-order valence-corrected chi connectivity index (χ0v) is 16.7. The lowest BCUT2D eigenvalue weighted by atomic mass is 10.00. The van der Waals surface area contributed by atoms with E-state index >= 15 is 0 Å². The highest BCUT2D eigenvalue weighted by Crippen LogP contribution is 2.34. The van der Waals surface area contributed by atoms with E-state index in [0.29, 0.717) is 5.92 Å². The molecule has 0 atom stereocenters. The molecule has 5 rings (SSSR count). The van der Waals surface area contributed by atoms with Gasteiger partial charge in [-0.25, -0.2) is 0 Å². The first kappa shape index (κ1) is 17.7. The molecule has 0 N–H and O–H groups in total. The summed E-state index contributed by atoms with van der Waals surface area (Å²) in [4.78, 5) is 4.62. The van der Waals surface area contributed by atoms with Gasteiger partial charge < -0.3 is 4.42 Å². The average molecular weight is 377 g/mol. The third-order valence-electron chi connectivity index (χ3n) is 5.34. The number of nitrogens with zero attached hydrogens (tertiary/aromatic N) is 1. The predicted molar refractivity (Wildman–Crippen MR) is 121 cm³/mol. The van der Waals surface area contributed by atoms with Crippen LogP contribution in [0.15, 0.2) is 89.5 Å². The molecule has 2 aromatic heterocycles. The van der Waals surface area contributed by atoms with Crippen molar-refractivity contribution in [2.75, 3.05) is 0 Å². The van der Waals surface area contributed by atoms with E-state index in [4.69, 9.17) is 4.42 Å². The minimum atomic E-state index is 0.627. The number of hydrogen-bond donors (Lipinski definition) is 0. The van der Waals surface area contributed by atoms with Gasteiger partial charge in [-0.15, -0.1) is 0 Å². The Morgan fingerprint density at radius 2 is 1.41 bits per heavy atom. The van der Waals surface area contributed by atoms with Gasteiger partial charge in [0, 0.05) is 22.5 Å². The van der Waals surface area contributed by atoms with Gasteiger partial charge in [0.15, 0.2) is 0 Å². The maximum atomic E-state index is 6.09. The van der Waals surface area contributed by atoms with Crippen molar-refractivity contribution >= 4 is 21.9 Å². The molecule has 0 bridgehead atoms. The Labute approximate surface area is 170 Å². The van der Waals surface area contributed by atoms with Crippen LogP contribution in [-0.4, -0.2) is 4.98 Å². The summed E-state index contributed by atoms with van der Waals surface area (Å²) in [7, 11) is 0. The van der Waals surface area contributed by atoms with Crippen molar-refractivity contribution in [2.24, 2.45) is 5.92 Å². The molecule has 0 aliphatic carbocycles. The van der Waals surface area contributed by atoms with Crippen LogP contribution in [0.2, 0.25) is 0 Å². The van der Waals surface area contributed by atoms with Gasteiger partial charge >= 0.3 is 0 Å². The molecule has 142 valence electrons. The summed E-state index contributed by atoms with van der Waals surface area (Å²) >= 11 is 0. The SMILES string of the molecule is CC(C)Cc1ccnc(-c2ccc3oc4ccc(-c5ccccc5)cc4c3c2)c1. The van der Waals surface area contributed by atoms with Crippen LogP contribution in [0.5, 0.6) is 0 Å². The Morgan fingerprint density at radius 1 is 0.724 bits per heavy atom. The summed E-state index contributed by atoms with van der Waals surface area (Å²) in [6, 6.07) is 27.6. The lowest BCUT2D eigenvalue weighted by Crippen LogP contribution is -1.95. The van der Waals surface area contributed by atoms with Gasteiger partial charge in [-0.2, -0.15) is 0 Å². The zero-order chi connectivity index (χ0) is 19.8. The van der Waals surface area contributed by atoms with E-state index in [9.17, 15) is 0 Å². The number of hydrogen-bond acceptors (Lipinski definition) is 2. The Bertz CT molecular complexity index is 1300. The fraction of sp³-hybridized carbons (Fsp3) is 0.148. The van der Waals surface area contributed by atoms with Gasteiger partial charge in [0.2, 0.25) is 0 Å². The average Bonchev–Trinajstić information content (AvgIpc) is 3.11. The molecule has 2 heterocycles. The van der Waals surface area contributed by atoms with Crippen molar-refractivity contribution in [3.8, 4) is 22.4 Å². The van der Waals surface area contributed by atoms with Crippen molar-refractivity contribution in [1.29, 1.82) is 0 Å². The molecular weight excluding hydrogens is 354 g/mol. The second-order valence-corrected chi connectivity index (χ2v) is 8.04. The normalized spacial score (nSPS) is 11.6. The smallest absolute Gasteiger partial charge is 0.135 e. The molecular formula is C27H23NO. The van der Waals surface area contributed by atoms with Gasteiger partial charge in [0.05, 0.1) is 5.69 Å². The van der Waals surface area contributed by atoms with E-state index in [0.717, 1.165) is 39.6 Å². The zero-order valence-electron chi connectivity index (χ0n) is 16.7. The second kappa shape index (κ2) is 7.21. The van der Waals surface area contributed by atoms with Crippen molar-refractivity contribution in [3.05, 3.63) is 90.6 Å². The van der Waals surface area contributed by atoms with Crippen LogP contribution in [0.25, 0.3) is 44.3 Å². The van der Waals surface area contributed by atoms with E-state index in [2.05, 4.69) is 91.6 Å². The highest BCUT2D eigenvalue weighted by atomic mass is 16.3. The van der Waals surface area contributed by atoms with Gasteiger partial charge in [-0.1, -0.05) is 50.2 Å². The highest BCUT2D eigenvalue weighted by Gasteiger charge is 2.11. The van der Waals surface area contributed by atoms with E-state index in [-0.39, 0.29) is 0 Å². The first-order valence-electron chi connectivity index (χ1n) is 10.1. The first-order chi connectivity index (χ1) is 14.2. The lowest BCUT2D eigenvalue weighted by molar-refractivity contribution is 0.647. The quantitative estimate of drug-likeness (QED) is 0.324. The summed E-state index contributed by atoms with van der Waals surface area (Å²) in [6.45, 7) is 4.49. The molecule has 0 spiro atoms. The molecule has 0 radical (unpaired) electrons. The maximum Gasteiger partial charge on any atom is 0.135 e. The summed E-state index contributed by atoms with van der Waals surface area (Å²) in [5, 5.41) is 2.27. The van der Waals surface area contributed by atoms with Crippen molar-refractivity contribution < 1.29 is 4.42 Å². The number of aromatic nitrogens is 1. The largest absolute Gasteiger partial charge is 0.456 e. The van der Waals surface area contributed by atoms with Crippen LogP contribution in [0.3, 0.4) is 0 Å². The molecule has 0 saturated carbocycles. The number of benzene rings is 3. The summed E-state index contributed by atoms with van der Waals surface area (Å²) < 4.78 is 6.09. The molecule has 0 aliphatic heterocycles. The van der Waals surface area contributed by atoms with Crippen LogP contribution >= 0.6 is 0 Å². The van der Waals surface area contributed by atoms with Crippen molar-refractivity contribution in [2.45, 2.75) is 20.3 Å². The molecule has 0 amide bonds. The third kappa shape index (κ3) is 3.42. The minimum absolute atomic E-state index is 0.627. The van der Waals surface area contributed by atoms with Crippen LogP contribution in [0, 0.1) is 5.92 Å². The van der Waals surface area contributed by atoms with E-state index in [1.54, 1.807) is 0 Å². The second-order valence-electron chi connectivity index (χ2n) is 8.04. The molecule has 0 fully saturated rings. The van der Waals surface area contributed by atoms with Crippen LogP contribution in [-0.2, 0) is 6.42 Å². The predicted octanol–water partition coefficient (Wildman–Crippen LogP) is 7.51. The van der Waals surface area contributed by atoms with Crippen LogP contribution in [0.4, 0.5) is 0 Å². The Morgan fingerprint density at radius 3 is 2.14 bits per heavy atom. The highest BCUT2D eigenvalue weighted by molar-refractivity contribution is 6.07. The molecule has 29 heavy (non-hydrogen) atoms. The lowest BCUT2D eigenvalue weighted by Gasteiger charge is -2.07. The minimum Gasteiger partial charge on any atom is -0.456 e. The van der Waals surface area contributed by atoms with Gasteiger partial charge in [-0.3, -0.25) is 4.98 Å². The van der Waals surface area contributed by atoms with E-state index in [1.807, 2.05) is 12.3 Å². The monoisotopic (exact) mass is 377 g/mol. The Hall–Kier alpha value is -3.39. The molecule has 0 unspecified atom stereocenters. The Balaban J connectivity index is 1.63. The van der Waals surface area contributed by atoms with Crippen molar-refractivity contribution in [1.82, 2.24) is 4.98 Å². The Kier molecular flexibility index (Phi) is 4.40. The van der Waals surface area contributed by atoms with Crippen LogP contribution in [0.1, 0.15) is 19.4 Å². The first-order valence-corrected chi connectivity index (χ1v) is 10.1. The topological polar surface area (TPSA) is 26.0 Å². The summed E-state index contributed by atoms with van der Waals surface area (Å²) in [5.74, 6) is 0.627.